The van der Waals surface area contributed by atoms with Gasteiger partial charge in [0.15, 0.2) is 0 Å². The fourth-order valence-corrected chi connectivity index (χ4v) is 2.83. The lowest BCUT2D eigenvalue weighted by molar-refractivity contribution is 0.194. The van der Waals surface area contributed by atoms with Crippen molar-refractivity contribution in [2.45, 2.75) is 33.8 Å². The van der Waals surface area contributed by atoms with Crippen LogP contribution in [0.15, 0.2) is 41.8 Å². The third-order valence-corrected chi connectivity index (χ3v) is 4.14. The Morgan fingerprint density at radius 2 is 2.00 bits per heavy atom. The van der Waals surface area contributed by atoms with Gasteiger partial charge in [-0.05, 0) is 38.1 Å². The minimum absolute atomic E-state index is 0.598. The third kappa shape index (κ3) is 4.06. The number of nitrogens with one attached hydrogen (secondary N) is 1. The fraction of sp³-hybridized carbons (Fsp3) is 0.286. The van der Waals surface area contributed by atoms with Crippen LogP contribution >= 0.6 is 0 Å². The minimum Gasteiger partial charge on any atom is -0.387 e. The highest BCUT2D eigenvalue weighted by atomic mass is 16.3. The maximum Gasteiger partial charge on any atom is 0.126 e. The van der Waals surface area contributed by atoms with Crippen molar-refractivity contribution < 1.29 is 5.11 Å². The number of fused-ring (bicyclic) bond motifs is 1. The normalized spacial score (nSPS) is 15.3. The van der Waals surface area contributed by atoms with Crippen molar-refractivity contribution in [2.24, 2.45) is 5.10 Å². The zero-order valence-electron chi connectivity index (χ0n) is 16.6. The van der Waals surface area contributed by atoms with Crippen LogP contribution in [0.25, 0.3) is 17.5 Å². The highest BCUT2D eigenvalue weighted by Gasteiger charge is 2.24. The lowest BCUT2D eigenvalue weighted by atomic mass is 9.98. The number of pyridine rings is 2. The Bertz CT molecular complexity index is 853. The standard InChI is InChI=1S/C19H21N5O.C2H6/c1-5-17-15-9-19(20-3)23-11-14(15)8-18(24(17)21-4)13-6-7-16(12(2)25)22-10-13;1-2/h5-12,25H,4H2,1-3H3,(H,20,23);1-2H3/b17-5-;. The molecule has 6 heteroatoms. The molecule has 0 radical (unpaired) electrons. The second-order valence-corrected chi connectivity index (χ2v) is 5.71. The highest BCUT2D eigenvalue weighted by molar-refractivity contribution is 5.93. The summed E-state index contributed by atoms with van der Waals surface area (Å²) in [7, 11) is 1.84. The molecule has 0 aromatic carbocycles. The summed E-state index contributed by atoms with van der Waals surface area (Å²) >= 11 is 0. The Hall–Kier alpha value is -2.99. The number of anilines is 1. The first-order valence-corrected chi connectivity index (χ1v) is 9.06. The molecule has 0 amide bonds. The van der Waals surface area contributed by atoms with Gasteiger partial charge in [0.2, 0.25) is 0 Å². The van der Waals surface area contributed by atoms with Gasteiger partial charge in [0, 0.05) is 42.8 Å². The van der Waals surface area contributed by atoms with Gasteiger partial charge in [-0.25, -0.2) is 9.99 Å². The SMILES string of the molecule is C=NN1C(c2ccc(C(C)O)nc2)=Cc2cnc(NC)cc2/C1=C/C.CC. The van der Waals surface area contributed by atoms with Crippen LogP contribution in [0.1, 0.15) is 56.2 Å². The van der Waals surface area contributed by atoms with Crippen LogP contribution < -0.4 is 5.32 Å². The van der Waals surface area contributed by atoms with Crippen molar-refractivity contribution in [3.05, 3.63) is 59.1 Å². The first-order valence-electron chi connectivity index (χ1n) is 9.06. The predicted octanol–water partition coefficient (Wildman–Crippen LogP) is 4.39. The lowest BCUT2D eigenvalue weighted by Crippen LogP contribution is -2.19. The number of aliphatic hydroxyl groups is 1. The van der Waals surface area contributed by atoms with Gasteiger partial charge in [0.25, 0.3) is 0 Å². The Morgan fingerprint density at radius 1 is 1.26 bits per heavy atom. The summed E-state index contributed by atoms with van der Waals surface area (Å²) in [6.45, 7) is 11.4. The van der Waals surface area contributed by atoms with Crippen molar-refractivity contribution in [2.75, 3.05) is 12.4 Å². The average Bonchev–Trinajstić information content (AvgIpc) is 2.73. The van der Waals surface area contributed by atoms with E-state index in [0.29, 0.717) is 5.69 Å². The molecule has 2 aromatic rings. The van der Waals surface area contributed by atoms with Crippen molar-refractivity contribution in [3.8, 4) is 0 Å². The Labute approximate surface area is 161 Å². The van der Waals surface area contributed by atoms with Crippen LogP contribution in [0, 0.1) is 0 Å². The molecule has 1 aliphatic heterocycles. The van der Waals surface area contributed by atoms with E-state index < -0.39 is 6.10 Å². The largest absolute Gasteiger partial charge is 0.387 e. The highest BCUT2D eigenvalue weighted by Crippen LogP contribution is 2.38. The maximum absolute atomic E-state index is 9.64. The first-order chi connectivity index (χ1) is 13.1. The summed E-state index contributed by atoms with van der Waals surface area (Å²) in [5, 5.41) is 18.7. The number of hydrazone groups is 1. The van der Waals surface area contributed by atoms with Crippen LogP contribution in [-0.2, 0) is 0 Å². The molecule has 1 atom stereocenters. The molecule has 1 unspecified atom stereocenters. The second-order valence-electron chi connectivity index (χ2n) is 5.71. The molecule has 0 spiro atoms. The summed E-state index contributed by atoms with van der Waals surface area (Å²) in [4.78, 5) is 8.73. The number of rotatable bonds is 4. The quantitative estimate of drug-likeness (QED) is 0.786. The van der Waals surface area contributed by atoms with E-state index in [4.69, 9.17) is 0 Å². The Balaban J connectivity index is 0.00000126. The molecule has 0 bridgehead atoms. The van der Waals surface area contributed by atoms with E-state index in [1.807, 2.05) is 64.4 Å². The zero-order valence-corrected chi connectivity index (χ0v) is 16.6. The maximum atomic E-state index is 9.64. The third-order valence-electron chi connectivity index (χ3n) is 4.14. The molecule has 0 aliphatic carbocycles. The van der Waals surface area contributed by atoms with E-state index in [1.165, 1.54) is 0 Å². The molecular weight excluding hydrogens is 338 g/mol. The Kier molecular flexibility index (Phi) is 6.85. The minimum atomic E-state index is -0.598. The van der Waals surface area contributed by atoms with Crippen LogP contribution in [0.3, 0.4) is 0 Å². The molecular formula is C21H27N5O. The van der Waals surface area contributed by atoms with E-state index >= 15 is 0 Å². The summed E-state index contributed by atoms with van der Waals surface area (Å²) in [5.74, 6) is 0.793. The first kappa shape index (κ1) is 20.3. The van der Waals surface area contributed by atoms with E-state index in [1.54, 1.807) is 18.1 Å². The van der Waals surface area contributed by atoms with E-state index in [9.17, 15) is 5.11 Å². The molecule has 1 aliphatic rings. The van der Waals surface area contributed by atoms with E-state index in [2.05, 4.69) is 27.1 Å². The van der Waals surface area contributed by atoms with Gasteiger partial charge in [0.1, 0.15) is 5.82 Å². The van der Waals surface area contributed by atoms with Crippen LogP contribution in [0.5, 0.6) is 0 Å². The number of hydrogen-bond acceptors (Lipinski definition) is 6. The zero-order chi connectivity index (χ0) is 20.0. The molecule has 3 rings (SSSR count). The monoisotopic (exact) mass is 365 g/mol. The van der Waals surface area contributed by atoms with Gasteiger partial charge >= 0.3 is 0 Å². The van der Waals surface area contributed by atoms with Crippen molar-refractivity contribution in [3.63, 3.8) is 0 Å². The molecule has 27 heavy (non-hydrogen) atoms. The number of aliphatic hydroxyl groups excluding tert-OH is 1. The average molecular weight is 365 g/mol. The summed E-state index contributed by atoms with van der Waals surface area (Å²) in [6.07, 6.45) is 6.99. The Morgan fingerprint density at radius 3 is 2.52 bits per heavy atom. The van der Waals surface area contributed by atoms with Gasteiger partial charge in [0.05, 0.1) is 23.2 Å². The van der Waals surface area contributed by atoms with Crippen LogP contribution in [0.4, 0.5) is 5.82 Å². The summed E-state index contributed by atoms with van der Waals surface area (Å²) in [5.41, 5.74) is 5.35. The van der Waals surface area contributed by atoms with Crippen LogP contribution in [-0.4, -0.2) is 33.8 Å². The van der Waals surface area contributed by atoms with Gasteiger partial charge in [-0.2, -0.15) is 5.10 Å². The molecule has 6 nitrogen and oxygen atoms in total. The van der Waals surface area contributed by atoms with Gasteiger partial charge in [-0.3, -0.25) is 4.98 Å². The molecule has 0 fully saturated rings. The molecule has 3 heterocycles. The summed E-state index contributed by atoms with van der Waals surface area (Å²) in [6, 6.07) is 5.73. The number of allylic oxidation sites excluding steroid dienone is 1. The summed E-state index contributed by atoms with van der Waals surface area (Å²) < 4.78 is 0. The van der Waals surface area contributed by atoms with E-state index in [0.717, 1.165) is 33.9 Å². The second kappa shape index (κ2) is 9.09. The number of hydrogen-bond donors (Lipinski definition) is 2. The topological polar surface area (TPSA) is 73.6 Å². The van der Waals surface area contributed by atoms with Gasteiger partial charge in [-0.15, -0.1) is 0 Å². The molecule has 142 valence electrons. The fourth-order valence-electron chi connectivity index (χ4n) is 2.83. The molecule has 0 saturated carbocycles. The number of aromatic nitrogens is 2. The predicted molar refractivity (Wildman–Crippen MR) is 113 cm³/mol. The number of nitrogens with zero attached hydrogens (tertiary/aromatic N) is 4. The van der Waals surface area contributed by atoms with E-state index in [-0.39, 0.29) is 0 Å². The smallest absolute Gasteiger partial charge is 0.126 e. The van der Waals surface area contributed by atoms with Crippen molar-refractivity contribution in [1.82, 2.24) is 15.0 Å². The van der Waals surface area contributed by atoms with Gasteiger partial charge < -0.3 is 10.4 Å². The molecule has 2 aromatic heterocycles. The van der Waals surface area contributed by atoms with Crippen LogP contribution in [0.2, 0.25) is 0 Å². The molecule has 0 saturated heterocycles. The lowest BCUT2D eigenvalue weighted by Gasteiger charge is -2.30. The molecule has 2 N–H and O–H groups in total. The van der Waals surface area contributed by atoms with Crippen molar-refractivity contribution in [1.29, 1.82) is 0 Å². The van der Waals surface area contributed by atoms with Gasteiger partial charge in [-0.1, -0.05) is 19.9 Å². The van der Waals surface area contributed by atoms with Crippen molar-refractivity contribution >= 4 is 30.0 Å².